The molecule has 0 saturated carbocycles. The predicted molar refractivity (Wildman–Crippen MR) is 172 cm³/mol. The second kappa shape index (κ2) is 11.3. The molecule has 2 aromatic heterocycles. The van der Waals surface area contributed by atoms with Gasteiger partial charge >= 0.3 is 0 Å². The van der Waals surface area contributed by atoms with Crippen LogP contribution in [0.2, 0.25) is 5.02 Å². The molecule has 0 radical (unpaired) electrons. The smallest absolute Gasteiger partial charge is 0.270 e. The molecule has 0 spiro atoms. The zero-order valence-corrected chi connectivity index (χ0v) is 25.4. The minimum absolute atomic E-state index is 0.00637. The number of aryl methyl sites for hydroxylation is 2. The summed E-state index contributed by atoms with van der Waals surface area (Å²) in [7, 11) is 0. The topological polar surface area (TPSA) is 83.4 Å². The van der Waals surface area contributed by atoms with Crippen molar-refractivity contribution in [3.63, 3.8) is 0 Å². The average Bonchev–Trinajstić information content (AvgIpc) is 3.47. The van der Waals surface area contributed by atoms with Crippen LogP contribution in [0.1, 0.15) is 50.6 Å². The van der Waals surface area contributed by atoms with Gasteiger partial charge in [0, 0.05) is 27.0 Å². The number of rotatable bonds is 5. The van der Waals surface area contributed by atoms with Crippen LogP contribution < -0.4 is 15.5 Å². The van der Waals surface area contributed by atoms with Gasteiger partial charge in [0.05, 0.1) is 11.3 Å². The largest absolute Gasteiger partial charge is 0.322 e. The van der Waals surface area contributed by atoms with Crippen molar-refractivity contribution < 1.29 is 14.4 Å². The summed E-state index contributed by atoms with van der Waals surface area (Å²) in [6.45, 7) is 3.89. The Morgan fingerprint density at radius 3 is 2.57 bits per heavy atom. The Labute approximate surface area is 257 Å². The molecule has 0 bridgehead atoms. The maximum Gasteiger partial charge on any atom is 0.270 e. The number of thiophene rings is 1. The zero-order valence-electron chi connectivity index (χ0n) is 23.0. The number of halogens is 1. The van der Waals surface area contributed by atoms with Gasteiger partial charge in [-0.1, -0.05) is 35.9 Å². The van der Waals surface area contributed by atoms with Gasteiger partial charge in [-0.25, -0.2) is 0 Å². The maximum atomic E-state index is 13.7. The average molecular weight is 615 g/mol. The molecule has 10 heteroatoms. The Balaban J connectivity index is 1.42. The number of benzene rings is 2. The number of para-hydroxylation sites is 1. The molecule has 7 nitrogen and oxygen atoms in total. The number of amides is 3. The van der Waals surface area contributed by atoms with Crippen LogP contribution in [0.5, 0.6) is 0 Å². The summed E-state index contributed by atoms with van der Waals surface area (Å²) in [4.78, 5) is 42.8. The standard InChI is InChI=1S/C32H27ClN4O3S2/c1-18-15-20(16-25-28(38)35-32(41)37(30(25)40)23-12-8-9-21(33)17-23)19(2)36(18)31-27(24-13-6-7-14-26(24)42-31)29(39)34-22-10-4-3-5-11-22/h3-5,8-12,15-17H,6-7,13-14H2,1-2H3,(H,34,39)(H,35,38,41). The van der Waals surface area contributed by atoms with Crippen LogP contribution in [-0.2, 0) is 22.4 Å². The van der Waals surface area contributed by atoms with Crippen LogP contribution in [0.4, 0.5) is 11.4 Å². The fourth-order valence-electron chi connectivity index (χ4n) is 5.57. The first-order valence-electron chi connectivity index (χ1n) is 13.6. The summed E-state index contributed by atoms with van der Waals surface area (Å²) < 4.78 is 2.06. The zero-order chi connectivity index (χ0) is 29.5. The van der Waals surface area contributed by atoms with Gasteiger partial charge in [0.25, 0.3) is 17.7 Å². The maximum absolute atomic E-state index is 13.7. The van der Waals surface area contributed by atoms with Crippen molar-refractivity contribution in [1.82, 2.24) is 9.88 Å². The second-order valence-electron chi connectivity index (χ2n) is 10.3. The lowest BCUT2D eigenvalue weighted by molar-refractivity contribution is -0.122. The lowest BCUT2D eigenvalue weighted by atomic mass is 9.95. The number of fused-ring (bicyclic) bond motifs is 1. The summed E-state index contributed by atoms with van der Waals surface area (Å²) in [5.74, 6) is -1.25. The van der Waals surface area contributed by atoms with Gasteiger partial charge in [-0.15, -0.1) is 11.3 Å². The van der Waals surface area contributed by atoms with Crippen molar-refractivity contribution in [1.29, 1.82) is 0 Å². The number of nitrogens with one attached hydrogen (secondary N) is 2. The van der Waals surface area contributed by atoms with Crippen molar-refractivity contribution in [3.8, 4) is 5.00 Å². The van der Waals surface area contributed by atoms with Crippen molar-refractivity contribution in [2.75, 3.05) is 10.2 Å². The molecule has 2 N–H and O–H groups in total. The second-order valence-corrected chi connectivity index (χ2v) is 12.2. The molecule has 42 heavy (non-hydrogen) atoms. The van der Waals surface area contributed by atoms with E-state index in [0.29, 0.717) is 21.8 Å². The van der Waals surface area contributed by atoms with Crippen LogP contribution in [-0.4, -0.2) is 27.4 Å². The van der Waals surface area contributed by atoms with Crippen LogP contribution in [0.25, 0.3) is 11.1 Å². The molecule has 2 aliphatic rings. The van der Waals surface area contributed by atoms with Crippen molar-refractivity contribution in [2.24, 2.45) is 0 Å². The Hall–Kier alpha value is -4.05. The van der Waals surface area contributed by atoms with Gasteiger partial charge in [-0.05, 0) is 105 Å². The van der Waals surface area contributed by atoms with E-state index in [9.17, 15) is 14.4 Å². The van der Waals surface area contributed by atoms with Gasteiger partial charge in [0.1, 0.15) is 10.6 Å². The minimum atomic E-state index is -0.567. The molecule has 0 unspecified atom stereocenters. The third-order valence-corrected chi connectivity index (χ3v) is 9.35. The highest BCUT2D eigenvalue weighted by atomic mass is 35.5. The third kappa shape index (κ3) is 5.08. The molecule has 212 valence electrons. The number of aromatic nitrogens is 1. The molecular weight excluding hydrogens is 588 g/mol. The molecule has 4 aromatic rings. The van der Waals surface area contributed by atoms with Crippen molar-refractivity contribution >= 4 is 75.4 Å². The van der Waals surface area contributed by atoms with E-state index in [4.69, 9.17) is 23.8 Å². The summed E-state index contributed by atoms with van der Waals surface area (Å²) in [5.41, 5.74) is 5.35. The monoisotopic (exact) mass is 614 g/mol. The van der Waals surface area contributed by atoms with E-state index in [-0.39, 0.29) is 16.6 Å². The number of nitrogens with zero attached hydrogens (tertiary/aromatic N) is 2. The van der Waals surface area contributed by atoms with Gasteiger partial charge in [0.15, 0.2) is 5.11 Å². The van der Waals surface area contributed by atoms with E-state index in [2.05, 4.69) is 15.2 Å². The number of carbonyl (C=O) groups is 3. The molecule has 1 fully saturated rings. The van der Waals surface area contributed by atoms with E-state index in [1.807, 2.05) is 50.2 Å². The molecule has 3 amide bonds. The van der Waals surface area contributed by atoms with Gasteiger partial charge in [0.2, 0.25) is 0 Å². The van der Waals surface area contributed by atoms with E-state index >= 15 is 0 Å². The number of carbonyl (C=O) groups excluding carboxylic acids is 3. The normalized spacial score (nSPS) is 16.0. The molecule has 6 rings (SSSR count). The van der Waals surface area contributed by atoms with Gasteiger partial charge in [-0.3, -0.25) is 24.6 Å². The Morgan fingerprint density at radius 1 is 1.05 bits per heavy atom. The Morgan fingerprint density at radius 2 is 1.81 bits per heavy atom. The fourth-order valence-corrected chi connectivity index (χ4v) is 7.53. The minimum Gasteiger partial charge on any atom is -0.322 e. The first kappa shape index (κ1) is 28.1. The van der Waals surface area contributed by atoms with Gasteiger partial charge < -0.3 is 9.88 Å². The van der Waals surface area contributed by atoms with E-state index < -0.39 is 11.8 Å². The van der Waals surface area contributed by atoms with Crippen LogP contribution >= 0.6 is 35.2 Å². The van der Waals surface area contributed by atoms with Gasteiger partial charge in [-0.2, -0.15) is 0 Å². The molecule has 1 aliphatic heterocycles. The van der Waals surface area contributed by atoms with Crippen molar-refractivity contribution in [3.05, 3.63) is 104 Å². The first-order valence-corrected chi connectivity index (χ1v) is 15.2. The first-order chi connectivity index (χ1) is 20.2. The van der Waals surface area contributed by atoms with Crippen LogP contribution in [0, 0.1) is 13.8 Å². The molecule has 1 aliphatic carbocycles. The highest BCUT2D eigenvalue weighted by Crippen LogP contribution is 2.39. The number of hydrogen-bond acceptors (Lipinski definition) is 5. The summed E-state index contributed by atoms with van der Waals surface area (Å²) in [6.07, 6.45) is 5.52. The summed E-state index contributed by atoms with van der Waals surface area (Å²) >= 11 is 13.1. The molecule has 1 saturated heterocycles. The van der Waals surface area contributed by atoms with Crippen LogP contribution in [0.15, 0.2) is 66.2 Å². The summed E-state index contributed by atoms with van der Waals surface area (Å²) in [5, 5.41) is 6.98. The number of anilines is 2. The predicted octanol–water partition coefficient (Wildman–Crippen LogP) is 6.77. The van der Waals surface area contributed by atoms with Crippen molar-refractivity contribution in [2.45, 2.75) is 39.5 Å². The molecular formula is C32H27ClN4O3S2. The molecule has 0 atom stereocenters. The lowest BCUT2D eigenvalue weighted by Crippen LogP contribution is -2.54. The van der Waals surface area contributed by atoms with E-state index in [1.165, 1.54) is 9.78 Å². The van der Waals surface area contributed by atoms with E-state index in [1.54, 1.807) is 41.7 Å². The highest BCUT2D eigenvalue weighted by molar-refractivity contribution is 7.80. The molecule has 2 aromatic carbocycles. The summed E-state index contributed by atoms with van der Waals surface area (Å²) in [6, 6.07) is 18.1. The number of thiocarbonyl (C=S) groups is 1. The quantitative estimate of drug-likeness (QED) is 0.148. The Kier molecular flexibility index (Phi) is 7.57. The third-order valence-electron chi connectivity index (χ3n) is 7.55. The lowest BCUT2D eigenvalue weighted by Gasteiger charge is -2.29. The van der Waals surface area contributed by atoms with E-state index in [0.717, 1.165) is 53.3 Å². The fraction of sp³-hybridized carbons (Fsp3) is 0.188. The van der Waals surface area contributed by atoms with Crippen LogP contribution in [0.3, 0.4) is 0 Å². The number of hydrogen-bond donors (Lipinski definition) is 2. The Bertz CT molecular complexity index is 1810. The SMILES string of the molecule is Cc1cc(C=C2C(=O)NC(=S)N(c3cccc(Cl)c3)C2=O)c(C)n1-c1sc2c(c1C(=O)Nc1ccccc1)CCCC2. The highest BCUT2D eigenvalue weighted by Gasteiger charge is 2.35. The molecule has 3 heterocycles.